The number of aliphatic hydroxyl groups is 1. The number of aliphatic hydroxyl groups excluding tert-OH is 1. The molecule has 1 unspecified atom stereocenters. The van der Waals surface area contributed by atoms with Gasteiger partial charge >= 0.3 is 5.91 Å². The Kier molecular flexibility index (Phi) is 4.75. The van der Waals surface area contributed by atoms with Crippen molar-refractivity contribution in [2.24, 2.45) is 0 Å². The number of benzene rings is 2. The lowest BCUT2D eigenvalue weighted by molar-refractivity contribution is -0.132. The van der Waals surface area contributed by atoms with Gasteiger partial charge in [-0.2, -0.15) is 0 Å². The van der Waals surface area contributed by atoms with E-state index in [-0.39, 0.29) is 17.3 Å². The molecule has 3 heterocycles. The number of Topliss-reactive ketones (excluding diaryl/α,β-unsaturated/α-hetero) is 1. The second kappa shape index (κ2) is 7.62. The first-order valence-corrected chi connectivity index (χ1v) is 10.2. The lowest BCUT2D eigenvalue weighted by Gasteiger charge is -2.22. The first-order valence-electron chi connectivity index (χ1n) is 9.87. The lowest BCUT2D eigenvalue weighted by atomic mass is 9.96. The van der Waals surface area contributed by atoms with Crippen LogP contribution in [0.1, 0.15) is 22.7 Å². The number of anilines is 1. The average molecular weight is 445 g/mol. The maximum Gasteiger partial charge on any atom is 0.302 e. The van der Waals surface area contributed by atoms with Crippen LogP contribution >= 0.6 is 11.6 Å². The number of pyridine rings is 1. The number of fused-ring (bicyclic) bond motifs is 1. The van der Waals surface area contributed by atoms with E-state index in [1.165, 1.54) is 4.90 Å². The van der Waals surface area contributed by atoms with Crippen LogP contribution in [0.3, 0.4) is 0 Å². The van der Waals surface area contributed by atoms with Gasteiger partial charge in [-0.05, 0) is 60.5 Å². The van der Waals surface area contributed by atoms with Crippen LogP contribution in [-0.4, -0.2) is 31.7 Å². The monoisotopic (exact) mass is 444 g/mol. The fourth-order valence-electron chi connectivity index (χ4n) is 3.89. The molecule has 2 N–H and O–H groups in total. The van der Waals surface area contributed by atoms with E-state index in [1.54, 1.807) is 48.8 Å². The van der Waals surface area contributed by atoms with E-state index in [1.807, 2.05) is 25.1 Å². The standard InChI is InChI=1S/C24H17ClN4O3/c1-13-4-9-17-18(11-13)28-24(27-17)29-20(15-3-2-10-26-12-15)19(22(31)23(29)32)21(30)14-5-7-16(25)8-6-14/h2-12,20,30H,1H3,(H,27,28)/b21-19+. The fourth-order valence-corrected chi connectivity index (χ4v) is 4.02. The first kappa shape index (κ1) is 20.0. The van der Waals surface area contributed by atoms with Crippen molar-refractivity contribution in [2.45, 2.75) is 13.0 Å². The number of hydrogen-bond donors (Lipinski definition) is 2. The Bertz CT molecular complexity index is 1390. The molecule has 5 rings (SSSR count). The zero-order chi connectivity index (χ0) is 22.4. The number of carbonyl (C=O) groups excluding carboxylic acids is 2. The number of hydrogen-bond acceptors (Lipinski definition) is 5. The van der Waals surface area contributed by atoms with Crippen LogP contribution < -0.4 is 4.90 Å². The van der Waals surface area contributed by atoms with Gasteiger partial charge in [0.1, 0.15) is 5.76 Å². The molecule has 1 atom stereocenters. The molecule has 158 valence electrons. The molecule has 4 aromatic rings. The van der Waals surface area contributed by atoms with Crippen molar-refractivity contribution in [3.8, 4) is 0 Å². The first-order chi connectivity index (χ1) is 15.4. The highest BCUT2D eigenvalue weighted by Crippen LogP contribution is 2.41. The second-order valence-corrected chi connectivity index (χ2v) is 7.98. The molecule has 0 radical (unpaired) electrons. The van der Waals surface area contributed by atoms with Gasteiger partial charge in [0.25, 0.3) is 5.78 Å². The number of carbonyl (C=O) groups is 2. The third-order valence-corrected chi connectivity index (χ3v) is 5.67. The van der Waals surface area contributed by atoms with Gasteiger partial charge in [-0.1, -0.05) is 23.7 Å². The number of rotatable bonds is 3. The Morgan fingerprint density at radius 3 is 2.62 bits per heavy atom. The normalized spacial score (nSPS) is 17.9. The smallest absolute Gasteiger partial charge is 0.302 e. The highest BCUT2D eigenvalue weighted by atomic mass is 35.5. The van der Waals surface area contributed by atoms with Crippen LogP contribution in [-0.2, 0) is 9.59 Å². The van der Waals surface area contributed by atoms with Crippen LogP contribution in [0.2, 0.25) is 5.02 Å². The Morgan fingerprint density at radius 2 is 1.91 bits per heavy atom. The van der Waals surface area contributed by atoms with Crippen molar-refractivity contribution in [1.29, 1.82) is 0 Å². The molecule has 8 heteroatoms. The van der Waals surface area contributed by atoms with E-state index in [2.05, 4.69) is 15.0 Å². The fraction of sp³-hybridized carbons (Fsp3) is 0.0833. The topological polar surface area (TPSA) is 99.2 Å². The predicted molar refractivity (Wildman–Crippen MR) is 121 cm³/mol. The van der Waals surface area contributed by atoms with Crippen LogP contribution in [0.5, 0.6) is 0 Å². The number of aryl methyl sites for hydroxylation is 1. The molecule has 0 saturated carbocycles. The summed E-state index contributed by atoms with van der Waals surface area (Å²) in [6.07, 6.45) is 3.16. The maximum atomic E-state index is 13.2. The Hall–Kier alpha value is -3.97. The molecule has 1 saturated heterocycles. The average Bonchev–Trinajstić information content (AvgIpc) is 3.32. The van der Waals surface area contributed by atoms with Gasteiger partial charge in [-0.3, -0.25) is 19.5 Å². The van der Waals surface area contributed by atoms with Gasteiger partial charge in [0.05, 0.1) is 22.6 Å². The van der Waals surface area contributed by atoms with Crippen LogP contribution in [0.25, 0.3) is 16.8 Å². The van der Waals surface area contributed by atoms with E-state index in [0.717, 1.165) is 11.1 Å². The van der Waals surface area contributed by atoms with Crippen molar-refractivity contribution >= 4 is 46.0 Å². The number of imidazole rings is 1. The summed E-state index contributed by atoms with van der Waals surface area (Å²) in [7, 11) is 0. The number of ketones is 1. The van der Waals surface area contributed by atoms with Crippen molar-refractivity contribution in [3.63, 3.8) is 0 Å². The third-order valence-electron chi connectivity index (χ3n) is 5.42. The van der Waals surface area contributed by atoms with E-state index in [4.69, 9.17) is 11.6 Å². The van der Waals surface area contributed by atoms with Gasteiger partial charge in [-0.25, -0.2) is 4.98 Å². The summed E-state index contributed by atoms with van der Waals surface area (Å²) in [6.45, 7) is 1.95. The number of halogens is 1. The van der Waals surface area contributed by atoms with Gasteiger partial charge in [0.2, 0.25) is 5.95 Å². The predicted octanol–water partition coefficient (Wildman–Crippen LogP) is 4.55. The molecule has 1 aliphatic rings. The highest BCUT2D eigenvalue weighted by Gasteiger charge is 2.48. The molecule has 1 aliphatic heterocycles. The number of H-pyrrole nitrogens is 1. The Labute approximate surface area is 188 Å². The minimum Gasteiger partial charge on any atom is -0.507 e. The summed E-state index contributed by atoms with van der Waals surface area (Å²) >= 11 is 5.96. The number of nitrogens with zero attached hydrogens (tertiary/aromatic N) is 3. The highest BCUT2D eigenvalue weighted by molar-refractivity contribution is 6.51. The van der Waals surface area contributed by atoms with Gasteiger partial charge < -0.3 is 10.1 Å². The molecule has 2 aromatic carbocycles. The summed E-state index contributed by atoms with van der Waals surface area (Å²) in [4.78, 5) is 39.4. The van der Waals surface area contributed by atoms with Gasteiger partial charge in [0, 0.05) is 23.0 Å². The van der Waals surface area contributed by atoms with Crippen LogP contribution in [0.4, 0.5) is 5.95 Å². The van der Waals surface area contributed by atoms with E-state index >= 15 is 0 Å². The molecule has 0 spiro atoms. The molecule has 1 amide bonds. The van der Waals surface area contributed by atoms with E-state index in [9.17, 15) is 14.7 Å². The zero-order valence-electron chi connectivity index (χ0n) is 16.9. The van der Waals surface area contributed by atoms with Gasteiger partial charge in [-0.15, -0.1) is 0 Å². The molecular formula is C24H17ClN4O3. The van der Waals surface area contributed by atoms with Crippen LogP contribution in [0.15, 0.2) is 72.6 Å². The summed E-state index contributed by atoms with van der Waals surface area (Å²) < 4.78 is 0. The van der Waals surface area contributed by atoms with Crippen molar-refractivity contribution in [2.75, 3.05) is 4.90 Å². The molecule has 0 bridgehead atoms. The van der Waals surface area contributed by atoms with Crippen molar-refractivity contribution < 1.29 is 14.7 Å². The summed E-state index contributed by atoms with van der Waals surface area (Å²) in [5, 5.41) is 11.5. The molecule has 0 aliphatic carbocycles. The maximum absolute atomic E-state index is 13.2. The second-order valence-electron chi connectivity index (χ2n) is 7.54. The molecule has 32 heavy (non-hydrogen) atoms. The molecule has 2 aromatic heterocycles. The quantitative estimate of drug-likeness (QED) is 0.274. The Morgan fingerprint density at radius 1 is 1.12 bits per heavy atom. The summed E-state index contributed by atoms with van der Waals surface area (Å²) in [6, 6.07) is 14.6. The van der Waals surface area contributed by atoms with Crippen LogP contribution in [0, 0.1) is 6.92 Å². The number of nitrogens with one attached hydrogen (secondary N) is 1. The zero-order valence-corrected chi connectivity index (χ0v) is 17.7. The molecule has 7 nitrogen and oxygen atoms in total. The minimum absolute atomic E-state index is 0.0399. The van der Waals surface area contributed by atoms with Crippen molar-refractivity contribution in [3.05, 3.63) is 94.3 Å². The number of aromatic amines is 1. The number of aromatic nitrogens is 3. The summed E-state index contributed by atoms with van der Waals surface area (Å²) in [5.74, 6) is -1.66. The summed E-state index contributed by atoms with van der Waals surface area (Å²) in [5.41, 5.74) is 3.34. The Balaban J connectivity index is 1.72. The number of amides is 1. The van der Waals surface area contributed by atoms with Gasteiger partial charge in [0.15, 0.2) is 0 Å². The lowest BCUT2D eigenvalue weighted by Crippen LogP contribution is -2.30. The SMILES string of the molecule is Cc1ccc2nc(N3C(=O)C(=O)/C(=C(/O)c4ccc(Cl)cc4)C3c3cccnc3)[nH]c2c1. The van der Waals surface area contributed by atoms with E-state index in [0.29, 0.717) is 21.7 Å². The van der Waals surface area contributed by atoms with E-state index < -0.39 is 17.7 Å². The minimum atomic E-state index is -0.902. The molecular weight excluding hydrogens is 428 g/mol. The molecule has 1 fully saturated rings. The largest absolute Gasteiger partial charge is 0.507 e. The van der Waals surface area contributed by atoms with Crippen molar-refractivity contribution in [1.82, 2.24) is 15.0 Å². The third kappa shape index (κ3) is 3.23.